The normalized spacial score (nSPS) is 10.8. The lowest BCUT2D eigenvalue weighted by Crippen LogP contribution is -2.18. The van der Waals surface area contributed by atoms with Gasteiger partial charge in [-0.3, -0.25) is 19.5 Å². The molecule has 0 aliphatic carbocycles. The van der Waals surface area contributed by atoms with Crippen molar-refractivity contribution in [1.29, 1.82) is 0 Å². The molecule has 0 unspecified atom stereocenters. The van der Waals surface area contributed by atoms with Gasteiger partial charge in [-0.05, 0) is 31.2 Å². The Morgan fingerprint density at radius 2 is 1.92 bits per heavy atom. The fourth-order valence-electron chi connectivity index (χ4n) is 2.56. The van der Waals surface area contributed by atoms with E-state index in [-0.39, 0.29) is 24.1 Å². The molecule has 0 radical (unpaired) electrons. The van der Waals surface area contributed by atoms with Crippen LogP contribution in [0.1, 0.15) is 12.6 Å². The van der Waals surface area contributed by atoms with Crippen LogP contribution < -0.4 is 15.7 Å². The predicted octanol–water partition coefficient (Wildman–Crippen LogP) is 1.12. The zero-order chi connectivity index (χ0) is 18.0. The molecule has 25 heavy (non-hydrogen) atoms. The van der Waals surface area contributed by atoms with Crippen molar-refractivity contribution in [3.05, 3.63) is 56.6 Å². The van der Waals surface area contributed by atoms with Crippen LogP contribution in [0.3, 0.4) is 0 Å². The fourth-order valence-corrected chi connectivity index (χ4v) is 2.56. The molecule has 3 aromatic rings. The molecule has 8 heteroatoms. The van der Waals surface area contributed by atoms with Crippen LogP contribution in [0.5, 0.6) is 5.75 Å². The molecule has 2 N–H and O–H groups in total. The minimum atomic E-state index is -0.468. The summed E-state index contributed by atoms with van der Waals surface area (Å²) in [4.78, 5) is 39.3. The summed E-state index contributed by atoms with van der Waals surface area (Å²) in [6.07, 6.45) is -0.0746. The highest BCUT2D eigenvalue weighted by Gasteiger charge is 2.14. The zero-order valence-electron chi connectivity index (χ0n) is 13.8. The summed E-state index contributed by atoms with van der Waals surface area (Å²) in [7, 11) is 1.55. The Bertz CT molecular complexity index is 1030. The van der Waals surface area contributed by atoms with E-state index in [2.05, 4.69) is 10.1 Å². The van der Waals surface area contributed by atoms with Gasteiger partial charge in [-0.2, -0.15) is 0 Å². The number of hydrogen-bond acceptors (Lipinski definition) is 5. The lowest BCUT2D eigenvalue weighted by Gasteiger charge is -2.03. The molecule has 3 rings (SSSR count). The maximum Gasteiger partial charge on any atom is 0.311 e. The van der Waals surface area contributed by atoms with Crippen LogP contribution >= 0.6 is 0 Å². The van der Waals surface area contributed by atoms with Gasteiger partial charge in [0.05, 0.1) is 25.8 Å². The van der Waals surface area contributed by atoms with E-state index in [0.29, 0.717) is 17.1 Å². The third-order valence-electron chi connectivity index (χ3n) is 3.70. The van der Waals surface area contributed by atoms with Gasteiger partial charge in [-0.1, -0.05) is 0 Å². The Morgan fingerprint density at radius 3 is 2.56 bits per heavy atom. The Morgan fingerprint density at radius 1 is 1.20 bits per heavy atom. The van der Waals surface area contributed by atoms with E-state index in [1.165, 1.54) is 10.7 Å². The third-order valence-corrected chi connectivity index (χ3v) is 3.70. The number of carbonyl (C=O) groups excluding carboxylic acids is 1. The lowest BCUT2D eigenvalue weighted by atomic mass is 10.2. The first-order valence-electron chi connectivity index (χ1n) is 7.70. The number of ether oxygens (including phenoxy) is 2. The Hall–Kier alpha value is -3.29. The lowest BCUT2D eigenvalue weighted by molar-refractivity contribution is -0.142. The number of nitrogens with one attached hydrogen (secondary N) is 2. The van der Waals surface area contributed by atoms with Gasteiger partial charge < -0.3 is 14.5 Å². The van der Waals surface area contributed by atoms with E-state index in [4.69, 9.17) is 9.47 Å². The average Bonchev–Trinajstić information content (AvgIpc) is 2.92. The maximum atomic E-state index is 12.5. The van der Waals surface area contributed by atoms with Crippen molar-refractivity contribution >= 4 is 17.0 Å². The number of benzene rings is 1. The van der Waals surface area contributed by atoms with E-state index in [9.17, 15) is 14.4 Å². The van der Waals surface area contributed by atoms with Crippen molar-refractivity contribution in [2.24, 2.45) is 0 Å². The number of aromatic nitrogens is 3. The van der Waals surface area contributed by atoms with Crippen LogP contribution in [0.25, 0.3) is 16.7 Å². The molecular formula is C17H17N3O5. The second-order valence-corrected chi connectivity index (χ2v) is 5.34. The minimum Gasteiger partial charge on any atom is -0.497 e. The average molecular weight is 343 g/mol. The number of methoxy groups -OCH3 is 1. The van der Waals surface area contributed by atoms with E-state index in [1.807, 2.05) is 0 Å². The number of rotatable bonds is 5. The number of aromatic amines is 2. The number of H-pyrrole nitrogens is 2. The van der Waals surface area contributed by atoms with Gasteiger partial charge >= 0.3 is 5.97 Å². The second-order valence-electron chi connectivity index (χ2n) is 5.34. The van der Waals surface area contributed by atoms with Crippen LogP contribution in [0.4, 0.5) is 0 Å². The van der Waals surface area contributed by atoms with Crippen molar-refractivity contribution in [3.63, 3.8) is 0 Å². The van der Waals surface area contributed by atoms with Gasteiger partial charge in [-0.15, -0.1) is 0 Å². The SMILES string of the molecule is CCOC(=O)Cc1cc(=O)c2c(=O)n(-c3ccc(OC)cc3)[nH]c2[nH]1. The van der Waals surface area contributed by atoms with Crippen molar-refractivity contribution in [3.8, 4) is 11.4 Å². The highest BCUT2D eigenvalue weighted by molar-refractivity contribution is 5.77. The van der Waals surface area contributed by atoms with Crippen LogP contribution in [-0.2, 0) is 16.0 Å². The summed E-state index contributed by atoms with van der Waals surface area (Å²) in [6.45, 7) is 1.96. The summed E-state index contributed by atoms with van der Waals surface area (Å²) >= 11 is 0. The van der Waals surface area contributed by atoms with E-state index < -0.39 is 17.0 Å². The second kappa shape index (κ2) is 6.68. The van der Waals surface area contributed by atoms with Gasteiger partial charge in [0.15, 0.2) is 5.43 Å². The topological polar surface area (TPSA) is 106 Å². The molecule has 0 atom stereocenters. The zero-order valence-corrected chi connectivity index (χ0v) is 13.8. The third kappa shape index (κ3) is 3.18. The molecule has 0 aliphatic rings. The number of carbonyl (C=O) groups is 1. The molecule has 0 bridgehead atoms. The van der Waals surface area contributed by atoms with Crippen LogP contribution in [-0.4, -0.2) is 34.5 Å². The van der Waals surface area contributed by atoms with Crippen molar-refractivity contribution in [2.45, 2.75) is 13.3 Å². The summed E-state index contributed by atoms with van der Waals surface area (Å²) < 4.78 is 11.2. The summed E-state index contributed by atoms with van der Waals surface area (Å²) in [5, 5.41) is 2.86. The van der Waals surface area contributed by atoms with Gasteiger partial charge in [0.25, 0.3) is 5.56 Å². The van der Waals surface area contributed by atoms with Gasteiger partial charge in [0, 0.05) is 11.8 Å². The van der Waals surface area contributed by atoms with Crippen LogP contribution in [0.2, 0.25) is 0 Å². The predicted molar refractivity (Wildman–Crippen MR) is 91.4 cm³/mol. The van der Waals surface area contributed by atoms with Crippen molar-refractivity contribution in [2.75, 3.05) is 13.7 Å². The largest absolute Gasteiger partial charge is 0.497 e. The molecule has 2 heterocycles. The maximum absolute atomic E-state index is 12.5. The van der Waals surface area contributed by atoms with Crippen LogP contribution in [0.15, 0.2) is 39.9 Å². The van der Waals surface area contributed by atoms with Crippen molar-refractivity contribution < 1.29 is 14.3 Å². The molecule has 0 fully saturated rings. The molecule has 0 saturated heterocycles. The number of hydrogen-bond donors (Lipinski definition) is 2. The van der Waals surface area contributed by atoms with Crippen LogP contribution in [0, 0.1) is 0 Å². The molecule has 0 spiro atoms. The van der Waals surface area contributed by atoms with Gasteiger partial charge in [0.2, 0.25) is 0 Å². The minimum absolute atomic E-state index is 0.00317. The molecule has 130 valence electrons. The first-order chi connectivity index (χ1) is 12.0. The van der Waals surface area contributed by atoms with E-state index >= 15 is 0 Å². The molecule has 0 amide bonds. The van der Waals surface area contributed by atoms with E-state index in [0.717, 1.165) is 0 Å². The summed E-state index contributed by atoms with van der Waals surface area (Å²) in [5.74, 6) is 0.204. The monoisotopic (exact) mass is 343 g/mol. The van der Waals surface area contributed by atoms with E-state index in [1.54, 1.807) is 38.3 Å². The molecule has 2 aromatic heterocycles. The Balaban J connectivity index is 2.06. The quantitative estimate of drug-likeness (QED) is 0.675. The Labute approximate surface area is 142 Å². The molecule has 0 saturated carbocycles. The first-order valence-corrected chi connectivity index (χ1v) is 7.70. The molecule has 0 aliphatic heterocycles. The van der Waals surface area contributed by atoms with Gasteiger partial charge in [0.1, 0.15) is 16.8 Å². The number of nitrogens with zero attached hydrogens (tertiary/aromatic N) is 1. The Kier molecular flexibility index (Phi) is 4.42. The highest BCUT2D eigenvalue weighted by Crippen LogP contribution is 2.14. The first kappa shape index (κ1) is 16.6. The fraction of sp³-hybridized carbons (Fsp3) is 0.235. The van der Waals surface area contributed by atoms with Crippen molar-refractivity contribution in [1.82, 2.24) is 14.8 Å². The molecule has 1 aromatic carbocycles. The number of esters is 1. The number of pyridine rings is 1. The van der Waals surface area contributed by atoms with Gasteiger partial charge in [-0.25, -0.2) is 4.68 Å². The molecular weight excluding hydrogens is 326 g/mol. The summed E-state index contributed by atoms with van der Waals surface area (Å²) in [6, 6.07) is 8.05. The standard InChI is InChI=1S/C17H17N3O5/c1-3-25-14(22)9-10-8-13(21)15-16(18-10)19-20(17(15)23)11-4-6-12(24-2)7-5-11/h4-8H,3,9H2,1-2H3,(H2,18,19,21). The summed E-state index contributed by atoms with van der Waals surface area (Å²) in [5.41, 5.74) is 0.263. The molecule has 8 nitrogen and oxygen atoms in total. The smallest absolute Gasteiger partial charge is 0.311 e. The highest BCUT2D eigenvalue weighted by atomic mass is 16.5. The number of fused-ring (bicyclic) bond motifs is 1.